The average Bonchev–Trinajstić information content (AvgIpc) is 2.95. The molecule has 0 atom stereocenters. The van der Waals surface area contributed by atoms with Crippen molar-refractivity contribution in [1.29, 1.82) is 0 Å². The van der Waals surface area contributed by atoms with Crippen molar-refractivity contribution in [1.82, 2.24) is 5.32 Å². The Morgan fingerprint density at radius 1 is 1.12 bits per heavy atom. The van der Waals surface area contributed by atoms with E-state index in [0.717, 1.165) is 5.56 Å². The summed E-state index contributed by atoms with van der Waals surface area (Å²) in [6.07, 6.45) is 1.66. The van der Waals surface area contributed by atoms with Gasteiger partial charge in [-0.05, 0) is 36.4 Å². The molecule has 0 spiro atoms. The predicted octanol–water partition coefficient (Wildman–Crippen LogP) is 3.27. The van der Waals surface area contributed by atoms with Crippen molar-refractivity contribution in [3.63, 3.8) is 0 Å². The predicted molar refractivity (Wildman–Crippen MR) is 93.7 cm³/mol. The van der Waals surface area contributed by atoms with E-state index >= 15 is 0 Å². The number of benzene rings is 2. The number of methoxy groups -OCH3 is 2. The molecule has 1 amide bonds. The number of nitrogens with zero attached hydrogens (tertiary/aromatic N) is 1. The van der Waals surface area contributed by atoms with Gasteiger partial charge in [0, 0.05) is 16.1 Å². The van der Waals surface area contributed by atoms with Crippen LogP contribution in [0.3, 0.4) is 0 Å². The van der Waals surface area contributed by atoms with E-state index in [2.05, 4.69) is 10.3 Å². The van der Waals surface area contributed by atoms with Crippen LogP contribution in [0.15, 0.2) is 53.2 Å². The Labute approximate surface area is 144 Å². The summed E-state index contributed by atoms with van der Waals surface area (Å²) in [6.45, 7) is 0. The van der Waals surface area contributed by atoms with E-state index in [1.54, 1.807) is 56.7 Å². The fourth-order valence-corrected chi connectivity index (χ4v) is 2.53. The molecule has 2 aromatic rings. The summed E-state index contributed by atoms with van der Waals surface area (Å²) in [6, 6.07) is 12.5. The van der Waals surface area contributed by atoms with Crippen molar-refractivity contribution < 1.29 is 14.3 Å². The van der Waals surface area contributed by atoms with E-state index in [9.17, 15) is 4.79 Å². The van der Waals surface area contributed by atoms with Crippen molar-refractivity contribution in [2.75, 3.05) is 14.2 Å². The Hall–Kier alpha value is -2.79. The highest BCUT2D eigenvalue weighted by Gasteiger charge is 2.21. The molecule has 3 rings (SSSR count). The molecule has 1 N–H and O–H groups in total. The van der Waals surface area contributed by atoms with Crippen LogP contribution in [0.5, 0.6) is 11.5 Å². The lowest BCUT2D eigenvalue weighted by Gasteiger charge is -2.07. The Bertz CT molecular complexity index is 859. The standard InChI is InChI=1S/C18H15ClN2O3/c1-23-14-6-7-16(24-2)12(9-14)10-15-18(22)21-17(20-15)11-4-3-5-13(19)8-11/h3-10H,1-2H3,(H,20,21,22)/b15-10-. The maximum absolute atomic E-state index is 12.2. The van der Waals surface area contributed by atoms with Crippen molar-refractivity contribution in [3.8, 4) is 11.5 Å². The normalized spacial score (nSPS) is 15.2. The molecule has 2 aromatic carbocycles. The first-order chi connectivity index (χ1) is 11.6. The third-order valence-corrected chi connectivity index (χ3v) is 3.76. The molecule has 0 aromatic heterocycles. The minimum absolute atomic E-state index is 0.283. The Balaban J connectivity index is 2.00. The van der Waals surface area contributed by atoms with Gasteiger partial charge in [-0.3, -0.25) is 4.79 Å². The van der Waals surface area contributed by atoms with Gasteiger partial charge in [-0.25, -0.2) is 4.99 Å². The third-order valence-electron chi connectivity index (χ3n) is 3.52. The Morgan fingerprint density at radius 2 is 1.96 bits per heavy atom. The molecule has 0 saturated heterocycles. The van der Waals surface area contributed by atoms with E-state index in [-0.39, 0.29) is 11.6 Å². The van der Waals surface area contributed by atoms with Crippen LogP contribution in [-0.4, -0.2) is 26.0 Å². The number of carbonyl (C=O) groups is 1. The van der Waals surface area contributed by atoms with E-state index in [0.29, 0.717) is 27.9 Å². The summed E-state index contributed by atoms with van der Waals surface area (Å²) in [5.74, 6) is 1.48. The SMILES string of the molecule is COc1ccc(OC)c(/C=C2\N=C(c3cccc(Cl)c3)NC2=O)c1. The molecule has 1 heterocycles. The molecule has 1 aliphatic heterocycles. The van der Waals surface area contributed by atoms with Crippen LogP contribution >= 0.6 is 11.6 Å². The lowest BCUT2D eigenvalue weighted by molar-refractivity contribution is -0.115. The summed E-state index contributed by atoms with van der Waals surface area (Å²) >= 11 is 5.99. The van der Waals surface area contributed by atoms with Gasteiger partial charge in [0.05, 0.1) is 14.2 Å². The van der Waals surface area contributed by atoms with E-state index in [1.165, 1.54) is 0 Å². The molecule has 0 unspecified atom stereocenters. The highest BCUT2D eigenvalue weighted by Crippen LogP contribution is 2.27. The molecule has 122 valence electrons. The van der Waals surface area contributed by atoms with E-state index in [4.69, 9.17) is 21.1 Å². The highest BCUT2D eigenvalue weighted by molar-refractivity contribution is 6.31. The second kappa shape index (κ2) is 6.76. The third kappa shape index (κ3) is 3.26. The zero-order valence-corrected chi connectivity index (χ0v) is 13.9. The number of carbonyl (C=O) groups excluding carboxylic acids is 1. The average molecular weight is 343 g/mol. The van der Waals surface area contributed by atoms with Gasteiger partial charge < -0.3 is 14.8 Å². The van der Waals surface area contributed by atoms with E-state index < -0.39 is 0 Å². The number of rotatable bonds is 4. The molecule has 0 bridgehead atoms. The lowest BCUT2D eigenvalue weighted by Crippen LogP contribution is -2.24. The van der Waals surface area contributed by atoms with Crippen molar-refractivity contribution in [2.45, 2.75) is 0 Å². The fraction of sp³-hybridized carbons (Fsp3) is 0.111. The number of ether oxygens (including phenoxy) is 2. The molecule has 0 fully saturated rings. The highest BCUT2D eigenvalue weighted by atomic mass is 35.5. The maximum Gasteiger partial charge on any atom is 0.275 e. The number of amides is 1. The molecule has 0 saturated carbocycles. The number of hydrogen-bond donors (Lipinski definition) is 1. The van der Waals surface area contributed by atoms with Crippen LogP contribution < -0.4 is 14.8 Å². The summed E-state index contributed by atoms with van der Waals surface area (Å²) in [7, 11) is 3.15. The van der Waals surface area contributed by atoms with Gasteiger partial charge in [-0.2, -0.15) is 0 Å². The lowest BCUT2D eigenvalue weighted by atomic mass is 10.1. The number of nitrogens with one attached hydrogen (secondary N) is 1. The molecule has 6 heteroatoms. The van der Waals surface area contributed by atoms with Gasteiger partial charge in [0.25, 0.3) is 5.91 Å². The van der Waals surface area contributed by atoms with Crippen LogP contribution in [0.4, 0.5) is 0 Å². The van der Waals surface area contributed by atoms with Gasteiger partial charge in [-0.15, -0.1) is 0 Å². The smallest absolute Gasteiger partial charge is 0.275 e. The van der Waals surface area contributed by atoms with Gasteiger partial charge in [-0.1, -0.05) is 23.7 Å². The summed E-state index contributed by atoms with van der Waals surface area (Å²) in [5.41, 5.74) is 1.74. The van der Waals surface area contributed by atoms with Gasteiger partial charge in [0.1, 0.15) is 23.0 Å². The zero-order chi connectivity index (χ0) is 17.1. The largest absolute Gasteiger partial charge is 0.497 e. The topological polar surface area (TPSA) is 59.9 Å². The molecule has 5 nitrogen and oxygen atoms in total. The summed E-state index contributed by atoms with van der Waals surface area (Å²) < 4.78 is 10.5. The van der Waals surface area contributed by atoms with Crippen molar-refractivity contribution >= 4 is 29.4 Å². The summed E-state index contributed by atoms with van der Waals surface area (Å²) in [5, 5.41) is 3.33. The van der Waals surface area contributed by atoms with E-state index in [1.807, 2.05) is 6.07 Å². The van der Waals surface area contributed by atoms with Crippen molar-refractivity contribution in [2.24, 2.45) is 4.99 Å². The first-order valence-electron chi connectivity index (χ1n) is 7.20. The number of hydrogen-bond acceptors (Lipinski definition) is 4. The molecular formula is C18H15ClN2O3. The van der Waals surface area contributed by atoms with Crippen LogP contribution in [0.2, 0.25) is 5.02 Å². The zero-order valence-electron chi connectivity index (χ0n) is 13.2. The monoisotopic (exact) mass is 342 g/mol. The van der Waals surface area contributed by atoms with Gasteiger partial charge >= 0.3 is 0 Å². The molecule has 1 aliphatic rings. The number of amidine groups is 1. The molecule has 0 radical (unpaired) electrons. The van der Waals surface area contributed by atoms with Crippen LogP contribution in [0.25, 0.3) is 6.08 Å². The van der Waals surface area contributed by atoms with Crippen LogP contribution in [0, 0.1) is 0 Å². The minimum atomic E-state index is -0.283. The van der Waals surface area contributed by atoms with Gasteiger partial charge in [0.2, 0.25) is 0 Å². The molecule has 0 aliphatic carbocycles. The van der Waals surface area contributed by atoms with Crippen LogP contribution in [-0.2, 0) is 4.79 Å². The summed E-state index contributed by atoms with van der Waals surface area (Å²) in [4.78, 5) is 16.6. The van der Waals surface area contributed by atoms with Crippen LogP contribution in [0.1, 0.15) is 11.1 Å². The molecular weight excluding hydrogens is 328 g/mol. The minimum Gasteiger partial charge on any atom is -0.497 e. The quantitative estimate of drug-likeness (QED) is 0.867. The second-order valence-corrected chi connectivity index (χ2v) is 5.50. The maximum atomic E-state index is 12.2. The number of halogens is 1. The Morgan fingerprint density at radius 3 is 2.67 bits per heavy atom. The first kappa shape index (κ1) is 16.1. The van der Waals surface area contributed by atoms with Crippen molar-refractivity contribution in [3.05, 3.63) is 64.3 Å². The Kier molecular flexibility index (Phi) is 4.53. The second-order valence-electron chi connectivity index (χ2n) is 5.06. The fourth-order valence-electron chi connectivity index (χ4n) is 2.34. The number of aliphatic imine (C=N–C) groups is 1. The molecule has 24 heavy (non-hydrogen) atoms. The first-order valence-corrected chi connectivity index (χ1v) is 7.58. The van der Waals surface area contributed by atoms with Gasteiger partial charge in [0.15, 0.2) is 0 Å².